The standard InChI is InChI=1S/C20H20O5/c1-14-4-2-3-5-16(14)13-25-20(22)9-7-17(21)15-6-8-18-19(12-15)24-11-10-23-18/h2-6,8,12H,7,9-11,13H2,1H3. The molecule has 0 spiro atoms. The number of ketones is 1. The molecule has 3 rings (SSSR count). The Kier molecular flexibility index (Phi) is 5.33. The fourth-order valence-electron chi connectivity index (χ4n) is 2.58. The molecule has 0 bridgehead atoms. The van der Waals surface area contributed by atoms with Crippen LogP contribution in [-0.4, -0.2) is 25.0 Å². The first-order valence-corrected chi connectivity index (χ1v) is 8.26. The molecule has 0 aromatic heterocycles. The number of benzene rings is 2. The number of carbonyl (C=O) groups excluding carboxylic acids is 2. The van der Waals surface area contributed by atoms with Gasteiger partial charge in [-0.3, -0.25) is 9.59 Å². The summed E-state index contributed by atoms with van der Waals surface area (Å²) in [6.45, 7) is 3.17. The van der Waals surface area contributed by atoms with Gasteiger partial charge in [-0.2, -0.15) is 0 Å². The number of Topliss-reactive ketones (excluding diaryl/α,β-unsaturated/α-hetero) is 1. The van der Waals surface area contributed by atoms with Crippen LogP contribution in [-0.2, 0) is 16.1 Å². The Morgan fingerprint density at radius 1 is 1.00 bits per heavy atom. The molecule has 1 aliphatic heterocycles. The van der Waals surface area contributed by atoms with Crippen LogP contribution in [0, 0.1) is 6.92 Å². The molecular weight excluding hydrogens is 320 g/mol. The molecule has 130 valence electrons. The van der Waals surface area contributed by atoms with Gasteiger partial charge >= 0.3 is 5.97 Å². The van der Waals surface area contributed by atoms with Gasteiger partial charge < -0.3 is 14.2 Å². The number of hydrogen-bond acceptors (Lipinski definition) is 5. The van der Waals surface area contributed by atoms with Crippen molar-refractivity contribution in [3.8, 4) is 11.5 Å². The van der Waals surface area contributed by atoms with Crippen molar-refractivity contribution in [3.63, 3.8) is 0 Å². The highest BCUT2D eigenvalue weighted by Crippen LogP contribution is 2.31. The van der Waals surface area contributed by atoms with E-state index in [1.54, 1.807) is 18.2 Å². The quantitative estimate of drug-likeness (QED) is 0.595. The van der Waals surface area contributed by atoms with Crippen LogP contribution in [0.2, 0.25) is 0 Å². The summed E-state index contributed by atoms with van der Waals surface area (Å²) in [4.78, 5) is 24.1. The van der Waals surface area contributed by atoms with Gasteiger partial charge in [-0.1, -0.05) is 24.3 Å². The highest BCUT2D eigenvalue weighted by atomic mass is 16.6. The Morgan fingerprint density at radius 2 is 1.76 bits per heavy atom. The smallest absolute Gasteiger partial charge is 0.306 e. The Hall–Kier alpha value is -2.82. The maximum atomic E-state index is 12.3. The first kappa shape index (κ1) is 17.0. The second-order valence-corrected chi connectivity index (χ2v) is 5.87. The first-order chi connectivity index (χ1) is 12.1. The highest BCUT2D eigenvalue weighted by Gasteiger charge is 2.16. The van der Waals surface area contributed by atoms with E-state index in [-0.39, 0.29) is 31.2 Å². The molecule has 0 radical (unpaired) electrons. The summed E-state index contributed by atoms with van der Waals surface area (Å²) in [7, 11) is 0. The van der Waals surface area contributed by atoms with Crippen molar-refractivity contribution in [3.05, 3.63) is 59.2 Å². The lowest BCUT2D eigenvalue weighted by atomic mass is 10.1. The fourth-order valence-corrected chi connectivity index (χ4v) is 2.58. The van der Waals surface area contributed by atoms with Gasteiger partial charge in [0.05, 0.1) is 6.42 Å². The zero-order valence-corrected chi connectivity index (χ0v) is 14.1. The van der Waals surface area contributed by atoms with Crippen LogP contribution >= 0.6 is 0 Å². The van der Waals surface area contributed by atoms with E-state index in [0.29, 0.717) is 30.3 Å². The maximum absolute atomic E-state index is 12.3. The van der Waals surface area contributed by atoms with Gasteiger partial charge in [0, 0.05) is 12.0 Å². The van der Waals surface area contributed by atoms with E-state index in [1.807, 2.05) is 31.2 Å². The molecule has 2 aromatic rings. The molecule has 0 aliphatic carbocycles. The zero-order chi connectivity index (χ0) is 17.6. The van der Waals surface area contributed by atoms with E-state index in [9.17, 15) is 9.59 Å². The highest BCUT2D eigenvalue weighted by molar-refractivity contribution is 5.98. The monoisotopic (exact) mass is 340 g/mol. The molecule has 0 unspecified atom stereocenters. The molecule has 1 heterocycles. The van der Waals surface area contributed by atoms with Crippen LogP contribution in [0.3, 0.4) is 0 Å². The van der Waals surface area contributed by atoms with Gasteiger partial charge in [-0.05, 0) is 36.2 Å². The minimum atomic E-state index is -0.380. The number of carbonyl (C=O) groups is 2. The van der Waals surface area contributed by atoms with E-state index in [4.69, 9.17) is 14.2 Å². The number of fused-ring (bicyclic) bond motifs is 1. The predicted octanol–water partition coefficient (Wildman–Crippen LogP) is 3.47. The third-order valence-corrected chi connectivity index (χ3v) is 4.07. The molecule has 0 N–H and O–H groups in total. The van der Waals surface area contributed by atoms with Gasteiger partial charge in [-0.15, -0.1) is 0 Å². The minimum absolute atomic E-state index is 0.0547. The van der Waals surface area contributed by atoms with Crippen LogP contribution < -0.4 is 9.47 Å². The third-order valence-electron chi connectivity index (χ3n) is 4.07. The Bertz CT molecular complexity index is 781. The molecule has 25 heavy (non-hydrogen) atoms. The lowest BCUT2D eigenvalue weighted by molar-refractivity contribution is -0.144. The summed E-state index contributed by atoms with van der Waals surface area (Å²) >= 11 is 0. The van der Waals surface area contributed by atoms with Gasteiger partial charge in [0.15, 0.2) is 17.3 Å². The molecule has 1 aliphatic rings. The van der Waals surface area contributed by atoms with E-state index in [2.05, 4.69) is 0 Å². The third kappa shape index (κ3) is 4.38. The van der Waals surface area contributed by atoms with Crippen LogP contribution in [0.15, 0.2) is 42.5 Å². The Morgan fingerprint density at radius 3 is 2.56 bits per heavy atom. The number of esters is 1. The number of hydrogen-bond donors (Lipinski definition) is 0. The molecule has 5 nitrogen and oxygen atoms in total. The summed E-state index contributed by atoms with van der Waals surface area (Å²) in [5.41, 5.74) is 2.55. The van der Waals surface area contributed by atoms with Gasteiger partial charge in [0.25, 0.3) is 0 Å². The average molecular weight is 340 g/mol. The zero-order valence-electron chi connectivity index (χ0n) is 14.1. The van der Waals surface area contributed by atoms with Crippen molar-refractivity contribution >= 4 is 11.8 Å². The maximum Gasteiger partial charge on any atom is 0.306 e. The van der Waals surface area contributed by atoms with Crippen molar-refractivity contribution in [2.45, 2.75) is 26.4 Å². The number of rotatable bonds is 6. The summed E-state index contributed by atoms with van der Waals surface area (Å²) in [6.07, 6.45) is 0.158. The van der Waals surface area contributed by atoms with Crippen LogP contribution in [0.1, 0.15) is 34.3 Å². The SMILES string of the molecule is Cc1ccccc1COC(=O)CCC(=O)c1ccc2c(c1)OCCO2. The molecule has 5 heteroatoms. The van der Waals surface area contributed by atoms with Crippen molar-refractivity contribution < 1.29 is 23.8 Å². The molecule has 0 fully saturated rings. The van der Waals surface area contributed by atoms with Crippen LogP contribution in [0.5, 0.6) is 11.5 Å². The first-order valence-electron chi connectivity index (χ1n) is 8.26. The van der Waals surface area contributed by atoms with E-state index in [0.717, 1.165) is 11.1 Å². The molecule has 0 atom stereocenters. The average Bonchev–Trinajstić information content (AvgIpc) is 2.65. The molecular formula is C20H20O5. The number of aryl methyl sites for hydroxylation is 1. The largest absolute Gasteiger partial charge is 0.486 e. The fraction of sp³-hybridized carbons (Fsp3) is 0.300. The molecule has 2 aromatic carbocycles. The van der Waals surface area contributed by atoms with Gasteiger partial charge in [-0.25, -0.2) is 0 Å². The minimum Gasteiger partial charge on any atom is -0.486 e. The van der Waals surface area contributed by atoms with Gasteiger partial charge in [0.2, 0.25) is 0 Å². The van der Waals surface area contributed by atoms with Gasteiger partial charge in [0.1, 0.15) is 19.8 Å². The summed E-state index contributed by atoms with van der Waals surface area (Å²) in [5, 5.41) is 0. The molecule has 0 saturated heterocycles. The summed E-state index contributed by atoms with van der Waals surface area (Å²) < 4.78 is 16.1. The molecule has 0 amide bonds. The van der Waals surface area contributed by atoms with Crippen LogP contribution in [0.25, 0.3) is 0 Å². The van der Waals surface area contributed by atoms with E-state index in [1.165, 1.54) is 0 Å². The number of ether oxygens (including phenoxy) is 3. The Labute approximate surface area is 146 Å². The second kappa shape index (κ2) is 7.83. The summed E-state index contributed by atoms with van der Waals surface area (Å²) in [5.74, 6) is 0.707. The van der Waals surface area contributed by atoms with Crippen molar-refractivity contribution in [1.29, 1.82) is 0 Å². The van der Waals surface area contributed by atoms with E-state index >= 15 is 0 Å². The van der Waals surface area contributed by atoms with E-state index < -0.39 is 0 Å². The summed E-state index contributed by atoms with van der Waals surface area (Å²) in [6, 6.07) is 12.8. The second-order valence-electron chi connectivity index (χ2n) is 5.87. The van der Waals surface area contributed by atoms with Crippen molar-refractivity contribution in [2.75, 3.05) is 13.2 Å². The Balaban J connectivity index is 1.50. The molecule has 0 saturated carbocycles. The van der Waals surface area contributed by atoms with Crippen LogP contribution in [0.4, 0.5) is 0 Å². The predicted molar refractivity (Wildman–Crippen MR) is 92.0 cm³/mol. The normalized spacial score (nSPS) is 12.5. The van der Waals surface area contributed by atoms with Crippen molar-refractivity contribution in [2.24, 2.45) is 0 Å². The lowest BCUT2D eigenvalue weighted by Gasteiger charge is -2.18. The lowest BCUT2D eigenvalue weighted by Crippen LogP contribution is -2.16. The topological polar surface area (TPSA) is 61.8 Å². The van der Waals surface area contributed by atoms with Crippen molar-refractivity contribution in [1.82, 2.24) is 0 Å².